The van der Waals surface area contributed by atoms with Crippen molar-refractivity contribution in [1.29, 1.82) is 5.26 Å². The van der Waals surface area contributed by atoms with Gasteiger partial charge in [-0.3, -0.25) is 14.5 Å². The molecule has 0 unspecified atom stereocenters. The van der Waals surface area contributed by atoms with E-state index in [4.69, 9.17) is 33.4 Å². The Labute approximate surface area is 216 Å². The predicted molar refractivity (Wildman–Crippen MR) is 138 cm³/mol. The molecule has 1 aromatic carbocycles. The minimum atomic E-state index is -0.142. The molecule has 178 valence electrons. The highest BCUT2D eigenvalue weighted by molar-refractivity contribution is 6.39. The molecule has 1 amide bonds. The zero-order valence-corrected chi connectivity index (χ0v) is 20.7. The van der Waals surface area contributed by atoms with Gasteiger partial charge in [-0.2, -0.15) is 10.4 Å². The van der Waals surface area contributed by atoms with Crippen molar-refractivity contribution in [1.82, 2.24) is 29.0 Å². The van der Waals surface area contributed by atoms with Crippen molar-refractivity contribution < 1.29 is 4.79 Å². The Morgan fingerprint density at radius 2 is 1.94 bits per heavy atom. The molecule has 10 heteroatoms. The summed E-state index contributed by atoms with van der Waals surface area (Å²) < 4.78 is 3.89. The van der Waals surface area contributed by atoms with Crippen LogP contribution in [0.15, 0.2) is 55.1 Å². The Morgan fingerprint density at radius 1 is 1.17 bits per heavy atom. The molecule has 0 bridgehead atoms. The molecule has 5 aromatic rings. The van der Waals surface area contributed by atoms with E-state index in [1.54, 1.807) is 11.1 Å². The lowest BCUT2D eigenvalue weighted by Crippen LogP contribution is -2.50. The topological polar surface area (TPSA) is 92.1 Å². The number of hydrogen-bond donors (Lipinski definition) is 0. The second kappa shape index (κ2) is 8.63. The number of fused-ring (bicyclic) bond motifs is 3. The third-order valence-corrected chi connectivity index (χ3v) is 7.27. The van der Waals surface area contributed by atoms with Gasteiger partial charge in [-0.25, -0.2) is 4.98 Å². The summed E-state index contributed by atoms with van der Waals surface area (Å²) in [6.45, 7) is 3.10. The first-order valence-corrected chi connectivity index (χ1v) is 12.1. The molecule has 0 aliphatic carbocycles. The standard InChI is InChI=1S/C26H19Cl2N7O/c1-15-25(24-20(27)3-2-4-21(24)28)32-26-19-9-16(10-30-22(19)6-8-34(15)26)17-11-31-35(12-17)18-13-33(14-18)23(36)5-7-29/h2-4,6,8-12,18H,5,13-14H2,1H3. The van der Waals surface area contributed by atoms with Crippen molar-refractivity contribution in [2.75, 3.05) is 13.1 Å². The highest BCUT2D eigenvalue weighted by Gasteiger charge is 2.32. The van der Waals surface area contributed by atoms with Crippen molar-refractivity contribution in [2.24, 2.45) is 0 Å². The summed E-state index contributed by atoms with van der Waals surface area (Å²) in [7, 11) is 0. The molecule has 8 nitrogen and oxygen atoms in total. The lowest BCUT2D eigenvalue weighted by Gasteiger charge is -2.38. The predicted octanol–water partition coefficient (Wildman–Crippen LogP) is 5.33. The molecule has 5 heterocycles. The number of nitrogens with zero attached hydrogens (tertiary/aromatic N) is 7. The van der Waals surface area contributed by atoms with E-state index in [0.717, 1.165) is 39.1 Å². The van der Waals surface area contributed by atoms with Gasteiger partial charge in [-0.1, -0.05) is 29.3 Å². The van der Waals surface area contributed by atoms with Crippen LogP contribution in [-0.2, 0) is 4.79 Å². The van der Waals surface area contributed by atoms with Crippen molar-refractivity contribution in [3.05, 3.63) is 70.9 Å². The van der Waals surface area contributed by atoms with Gasteiger partial charge in [0.25, 0.3) is 0 Å². The number of imidazole rings is 1. The number of hydrogen-bond acceptors (Lipinski definition) is 5. The number of pyridine rings is 2. The molecule has 6 rings (SSSR count). The van der Waals surface area contributed by atoms with Gasteiger partial charge in [0.15, 0.2) is 0 Å². The molecule has 0 spiro atoms. The first kappa shape index (κ1) is 22.5. The number of carbonyl (C=O) groups excluding carboxylic acids is 1. The van der Waals surface area contributed by atoms with Gasteiger partial charge in [0, 0.05) is 59.5 Å². The number of amides is 1. The lowest BCUT2D eigenvalue weighted by atomic mass is 10.1. The van der Waals surface area contributed by atoms with Gasteiger partial charge in [-0.05, 0) is 31.2 Å². The van der Waals surface area contributed by atoms with Gasteiger partial charge in [-0.15, -0.1) is 0 Å². The van der Waals surface area contributed by atoms with Gasteiger partial charge < -0.3 is 9.30 Å². The highest BCUT2D eigenvalue weighted by Crippen LogP contribution is 2.37. The monoisotopic (exact) mass is 515 g/mol. The Morgan fingerprint density at radius 3 is 2.69 bits per heavy atom. The first-order chi connectivity index (χ1) is 17.4. The van der Waals surface area contributed by atoms with E-state index in [0.29, 0.717) is 28.7 Å². The van der Waals surface area contributed by atoms with Gasteiger partial charge in [0.05, 0.1) is 39.6 Å². The fraction of sp³-hybridized carbons (Fsp3) is 0.192. The molecule has 36 heavy (non-hydrogen) atoms. The van der Waals surface area contributed by atoms with E-state index >= 15 is 0 Å². The lowest BCUT2D eigenvalue weighted by molar-refractivity contribution is -0.136. The molecular weight excluding hydrogens is 497 g/mol. The zero-order chi connectivity index (χ0) is 25.0. The van der Waals surface area contributed by atoms with E-state index in [9.17, 15) is 4.79 Å². The van der Waals surface area contributed by atoms with Gasteiger partial charge in [0.2, 0.25) is 5.91 Å². The average molecular weight is 516 g/mol. The molecule has 1 saturated heterocycles. The number of halogens is 2. The summed E-state index contributed by atoms with van der Waals surface area (Å²) in [6, 6.07) is 11.5. The molecule has 1 aliphatic rings. The largest absolute Gasteiger partial charge is 0.337 e. The molecule has 0 N–H and O–H groups in total. The second-order valence-corrected chi connectivity index (χ2v) is 9.62. The number of aromatic nitrogens is 5. The van der Waals surface area contributed by atoms with E-state index in [-0.39, 0.29) is 18.4 Å². The Hall–Kier alpha value is -3.93. The van der Waals surface area contributed by atoms with Crippen LogP contribution < -0.4 is 0 Å². The van der Waals surface area contributed by atoms with Crippen LogP contribution in [0.25, 0.3) is 38.9 Å². The van der Waals surface area contributed by atoms with E-state index in [1.807, 2.05) is 64.9 Å². The van der Waals surface area contributed by atoms with E-state index in [1.165, 1.54) is 0 Å². The number of rotatable bonds is 4. The molecule has 0 saturated carbocycles. The fourth-order valence-electron chi connectivity index (χ4n) is 4.63. The third kappa shape index (κ3) is 3.60. The number of likely N-dealkylation sites (tertiary alicyclic amines) is 1. The normalized spacial score (nSPS) is 13.8. The fourth-order valence-corrected chi connectivity index (χ4v) is 5.21. The van der Waals surface area contributed by atoms with Crippen LogP contribution in [0.1, 0.15) is 18.2 Å². The summed E-state index contributed by atoms with van der Waals surface area (Å²) in [5.74, 6) is -0.142. The van der Waals surface area contributed by atoms with Crippen LogP contribution in [0.4, 0.5) is 0 Å². The summed E-state index contributed by atoms with van der Waals surface area (Å²) in [5, 5.41) is 15.2. The molecular formula is C26H19Cl2N7O. The quantitative estimate of drug-likeness (QED) is 0.322. The number of aryl methyl sites for hydroxylation is 1. The maximum absolute atomic E-state index is 11.9. The Kier molecular flexibility index (Phi) is 5.40. The van der Waals surface area contributed by atoms with Gasteiger partial charge >= 0.3 is 0 Å². The SMILES string of the molecule is Cc1c(-c2c(Cl)cccc2Cl)nc2c3cc(-c4cnn(C5CN(C(=O)CC#N)C5)c4)cnc3ccn12. The molecule has 1 fully saturated rings. The highest BCUT2D eigenvalue weighted by atomic mass is 35.5. The number of benzene rings is 1. The smallest absolute Gasteiger partial charge is 0.236 e. The minimum absolute atomic E-state index is 0.0913. The van der Waals surface area contributed by atoms with Gasteiger partial charge in [0.1, 0.15) is 12.1 Å². The van der Waals surface area contributed by atoms with Crippen molar-refractivity contribution in [3.8, 4) is 28.5 Å². The van der Waals surface area contributed by atoms with Crippen LogP contribution >= 0.6 is 23.2 Å². The maximum atomic E-state index is 11.9. The summed E-state index contributed by atoms with van der Waals surface area (Å²) in [5.41, 5.74) is 5.80. The summed E-state index contributed by atoms with van der Waals surface area (Å²) in [6.07, 6.45) is 7.45. The number of nitriles is 1. The van der Waals surface area contributed by atoms with Crippen molar-refractivity contribution in [2.45, 2.75) is 19.4 Å². The first-order valence-electron chi connectivity index (χ1n) is 11.4. The third-order valence-electron chi connectivity index (χ3n) is 6.64. The minimum Gasteiger partial charge on any atom is -0.337 e. The van der Waals surface area contributed by atoms with Crippen LogP contribution in [0.5, 0.6) is 0 Å². The second-order valence-electron chi connectivity index (χ2n) is 8.81. The molecule has 4 aromatic heterocycles. The van der Waals surface area contributed by atoms with E-state index in [2.05, 4.69) is 16.1 Å². The molecule has 0 radical (unpaired) electrons. The molecule has 0 atom stereocenters. The average Bonchev–Trinajstić information content (AvgIpc) is 3.44. The number of carbonyl (C=O) groups is 1. The molecule has 1 aliphatic heterocycles. The van der Waals surface area contributed by atoms with Crippen LogP contribution in [0.2, 0.25) is 10.0 Å². The van der Waals surface area contributed by atoms with E-state index < -0.39 is 0 Å². The van der Waals surface area contributed by atoms with Crippen LogP contribution in [0, 0.1) is 18.3 Å². The summed E-state index contributed by atoms with van der Waals surface area (Å²) in [4.78, 5) is 23.1. The summed E-state index contributed by atoms with van der Waals surface area (Å²) >= 11 is 13.0. The Balaban J connectivity index is 1.37. The van der Waals surface area contributed by atoms with Crippen LogP contribution in [-0.4, -0.2) is 48.0 Å². The van der Waals surface area contributed by atoms with Crippen LogP contribution in [0.3, 0.4) is 0 Å². The zero-order valence-electron chi connectivity index (χ0n) is 19.2. The van der Waals surface area contributed by atoms with Crippen molar-refractivity contribution in [3.63, 3.8) is 0 Å². The van der Waals surface area contributed by atoms with Crippen molar-refractivity contribution >= 4 is 45.7 Å². The maximum Gasteiger partial charge on any atom is 0.236 e. The Bertz CT molecular complexity index is 1690.